The van der Waals surface area contributed by atoms with Gasteiger partial charge >= 0.3 is 0 Å². The van der Waals surface area contributed by atoms with Crippen molar-refractivity contribution in [3.63, 3.8) is 0 Å². The van der Waals surface area contributed by atoms with Crippen molar-refractivity contribution in [3.8, 4) is 0 Å². The summed E-state index contributed by atoms with van der Waals surface area (Å²) in [5, 5.41) is 3.81. The molecule has 1 rings (SSSR count). The SMILES string of the molecule is CCCC(CC)N[C@H](C)C1CCCC1. The Hall–Kier alpha value is -0.0400. The van der Waals surface area contributed by atoms with Crippen LogP contribution in [0.3, 0.4) is 0 Å². The normalized spacial score (nSPS) is 22.5. The Bertz CT molecular complexity index is 138. The van der Waals surface area contributed by atoms with Crippen molar-refractivity contribution in [2.45, 2.75) is 77.8 Å². The molecule has 1 unspecified atom stereocenters. The van der Waals surface area contributed by atoms with Crippen LogP contribution >= 0.6 is 0 Å². The van der Waals surface area contributed by atoms with Crippen molar-refractivity contribution in [3.05, 3.63) is 0 Å². The van der Waals surface area contributed by atoms with Crippen molar-refractivity contribution in [1.29, 1.82) is 0 Å². The van der Waals surface area contributed by atoms with Crippen molar-refractivity contribution < 1.29 is 0 Å². The summed E-state index contributed by atoms with van der Waals surface area (Å²) in [6.07, 6.45) is 9.76. The molecule has 1 N–H and O–H groups in total. The van der Waals surface area contributed by atoms with Gasteiger partial charge in [-0.25, -0.2) is 0 Å². The Balaban J connectivity index is 2.25. The van der Waals surface area contributed by atoms with Gasteiger partial charge in [0.25, 0.3) is 0 Å². The van der Waals surface area contributed by atoms with E-state index in [4.69, 9.17) is 0 Å². The lowest BCUT2D eigenvalue weighted by atomic mass is 9.97. The topological polar surface area (TPSA) is 12.0 Å². The molecule has 0 aromatic carbocycles. The maximum absolute atomic E-state index is 3.81. The summed E-state index contributed by atoms with van der Waals surface area (Å²) < 4.78 is 0. The maximum Gasteiger partial charge on any atom is 0.00695 e. The van der Waals surface area contributed by atoms with Gasteiger partial charge in [-0.1, -0.05) is 33.1 Å². The summed E-state index contributed by atoms with van der Waals surface area (Å²) in [7, 11) is 0. The van der Waals surface area contributed by atoms with E-state index in [1.54, 1.807) is 0 Å². The Morgan fingerprint density at radius 2 is 1.86 bits per heavy atom. The highest BCUT2D eigenvalue weighted by Gasteiger charge is 2.22. The molecule has 84 valence electrons. The number of hydrogen-bond donors (Lipinski definition) is 1. The van der Waals surface area contributed by atoms with Crippen LogP contribution in [0.25, 0.3) is 0 Å². The van der Waals surface area contributed by atoms with Crippen LogP contribution in [0.2, 0.25) is 0 Å². The standard InChI is InChI=1S/C13H27N/c1-4-8-13(5-2)14-11(3)12-9-6-7-10-12/h11-14H,4-10H2,1-3H3/t11-,13?/m1/s1. The molecule has 1 fully saturated rings. The lowest BCUT2D eigenvalue weighted by Gasteiger charge is -2.26. The third kappa shape index (κ3) is 3.61. The summed E-state index contributed by atoms with van der Waals surface area (Å²) in [6, 6.07) is 1.50. The minimum absolute atomic E-state index is 0.744. The number of nitrogens with one attached hydrogen (secondary N) is 1. The van der Waals surface area contributed by atoms with Gasteiger partial charge in [0.1, 0.15) is 0 Å². The van der Waals surface area contributed by atoms with Crippen LogP contribution in [0.5, 0.6) is 0 Å². The van der Waals surface area contributed by atoms with E-state index in [1.807, 2.05) is 0 Å². The minimum Gasteiger partial charge on any atom is -0.311 e. The van der Waals surface area contributed by atoms with E-state index < -0.39 is 0 Å². The molecule has 0 heterocycles. The Morgan fingerprint density at radius 3 is 2.36 bits per heavy atom. The van der Waals surface area contributed by atoms with Crippen LogP contribution < -0.4 is 5.32 Å². The first-order valence-corrected chi connectivity index (χ1v) is 6.54. The van der Waals surface area contributed by atoms with Gasteiger partial charge in [0.05, 0.1) is 0 Å². The third-order valence-corrected chi connectivity index (χ3v) is 3.74. The number of rotatable bonds is 6. The minimum atomic E-state index is 0.744. The molecule has 0 aromatic rings. The molecule has 0 radical (unpaired) electrons. The van der Waals surface area contributed by atoms with E-state index in [2.05, 4.69) is 26.1 Å². The van der Waals surface area contributed by atoms with Gasteiger partial charge < -0.3 is 5.32 Å². The molecule has 0 bridgehead atoms. The molecule has 1 saturated carbocycles. The molecule has 0 spiro atoms. The van der Waals surface area contributed by atoms with E-state index in [9.17, 15) is 0 Å². The fourth-order valence-electron chi connectivity index (χ4n) is 2.72. The van der Waals surface area contributed by atoms with E-state index in [0.29, 0.717) is 0 Å². The van der Waals surface area contributed by atoms with Crippen LogP contribution in [-0.4, -0.2) is 12.1 Å². The Kier molecular flexibility index (Phi) is 5.54. The molecule has 0 amide bonds. The second kappa shape index (κ2) is 6.44. The molecule has 1 nitrogen and oxygen atoms in total. The summed E-state index contributed by atoms with van der Waals surface area (Å²) in [5.41, 5.74) is 0. The van der Waals surface area contributed by atoms with Crippen molar-refractivity contribution in [2.24, 2.45) is 5.92 Å². The summed E-state index contributed by atoms with van der Waals surface area (Å²) in [5.74, 6) is 0.959. The first kappa shape index (κ1) is 12.0. The predicted octanol–water partition coefficient (Wildman–Crippen LogP) is 3.73. The Morgan fingerprint density at radius 1 is 1.21 bits per heavy atom. The van der Waals surface area contributed by atoms with Gasteiger partial charge in [0.2, 0.25) is 0 Å². The summed E-state index contributed by atoms with van der Waals surface area (Å²) in [6.45, 7) is 6.97. The molecule has 1 aliphatic rings. The molecular formula is C13H27N. The predicted molar refractivity (Wildman–Crippen MR) is 63.5 cm³/mol. The van der Waals surface area contributed by atoms with Crippen LogP contribution in [0, 0.1) is 5.92 Å². The zero-order valence-electron chi connectivity index (χ0n) is 10.2. The highest BCUT2D eigenvalue weighted by atomic mass is 14.9. The molecule has 2 atom stereocenters. The molecule has 14 heavy (non-hydrogen) atoms. The van der Waals surface area contributed by atoms with Gasteiger partial charge in [0.15, 0.2) is 0 Å². The van der Waals surface area contributed by atoms with E-state index in [0.717, 1.165) is 18.0 Å². The number of hydrogen-bond acceptors (Lipinski definition) is 1. The average Bonchev–Trinajstić information content (AvgIpc) is 2.69. The van der Waals surface area contributed by atoms with Crippen molar-refractivity contribution >= 4 is 0 Å². The van der Waals surface area contributed by atoms with Gasteiger partial charge in [0, 0.05) is 12.1 Å². The third-order valence-electron chi connectivity index (χ3n) is 3.74. The second-order valence-corrected chi connectivity index (χ2v) is 4.89. The molecule has 0 aliphatic heterocycles. The van der Waals surface area contributed by atoms with Crippen LogP contribution in [0.4, 0.5) is 0 Å². The second-order valence-electron chi connectivity index (χ2n) is 4.89. The average molecular weight is 197 g/mol. The van der Waals surface area contributed by atoms with E-state index >= 15 is 0 Å². The van der Waals surface area contributed by atoms with E-state index in [1.165, 1.54) is 44.9 Å². The zero-order chi connectivity index (χ0) is 10.4. The van der Waals surface area contributed by atoms with Crippen molar-refractivity contribution in [1.82, 2.24) is 5.32 Å². The van der Waals surface area contributed by atoms with Crippen LogP contribution in [-0.2, 0) is 0 Å². The lowest BCUT2D eigenvalue weighted by molar-refractivity contribution is 0.325. The van der Waals surface area contributed by atoms with Gasteiger partial charge in [-0.05, 0) is 38.5 Å². The summed E-state index contributed by atoms with van der Waals surface area (Å²) in [4.78, 5) is 0. The highest BCUT2D eigenvalue weighted by Crippen LogP contribution is 2.27. The molecule has 0 saturated heterocycles. The molecule has 1 aliphatic carbocycles. The maximum atomic E-state index is 3.81. The van der Waals surface area contributed by atoms with Gasteiger partial charge in [-0.3, -0.25) is 0 Å². The van der Waals surface area contributed by atoms with Gasteiger partial charge in [-0.15, -0.1) is 0 Å². The quantitative estimate of drug-likeness (QED) is 0.684. The monoisotopic (exact) mass is 197 g/mol. The van der Waals surface area contributed by atoms with E-state index in [-0.39, 0.29) is 0 Å². The van der Waals surface area contributed by atoms with Gasteiger partial charge in [-0.2, -0.15) is 0 Å². The smallest absolute Gasteiger partial charge is 0.00695 e. The first-order chi connectivity index (χ1) is 6.77. The van der Waals surface area contributed by atoms with Crippen LogP contribution in [0.1, 0.15) is 65.7 Å². The van der Waals surface area contributed by atoms with Crippen molar-refractivity contribution in [2.75, 3.05) is 0 Å². The molecular weight excluding hydrogens is 170 g/mol. The Labute approximate surface area is 89.7 Å². The highest BCUT2D eigenvalue weighted by molar-refractivity contribution is 4.80. The zero-order valence-corrected chi connectivity index (χ0v) is 10.2. The fourth-order valence-corrected chi connectivity index (χ4v) is 2.72. The lowest BCUT2D eigenvalue weighted by Crippen LogP contribution is -2.39. The molecule has 0 aromatic heterocycles. The summed E-state index contributed by atoms with van der Waals surface area (Å²) >= 11 is 0. The molecule has 1 heteroatoms. The largest absolute Gasteiger partial charge is 0.311 e. The fraction of sp³-hybridized carbons (Fsp3) is 1.00. The van der Waals surface area contributed by atoms with Crippen LogP contribution in [0.15, 0.2) is 0 Å². The first-order valence-electron chi connectivity index (χ1n) is 6.54.